The lowest BCUT2D eigenvalue weighted by Crippen LogP contribution is -2.42. The van der Waals surface area contributed by atoms with Crippen molar-refractivity contribution in [1.82, 2.24) is 9.88 Å². The second kappa shape index (κ2) is 7.47. The van der Waals surface area contributed by atoms with Crippen molar-refractivity contribution in [3.05, 3.63) is 53.7 Å². The molecule has 2 aliphatic rings. The summed E-state index contributed by atoms with van der Waals surface area (Å²) < 4.78 is 38.2. The number of nitrogens with zero attached hydrogens (tertiary/aromatic N) is 4. The average Bonchev–Trinajstić information content (AvgIpc) is 2.87. The molecule has 4 rings (SSSR count). The molecule has 1 aromatic carbocycles. The number of carbonyl (C=O) groups is 2. The van der Waals surface area contributed by atoms with E-state index in [0.717, 1.165) is 18.7 Å². The predicted octanol–water partition coefficient (Wildman–Crippen LogP) is 2.80. The Morgan fingerprint density at radius 2 is 1.76 bits per heavy atom. The van der Waals surface area contributed by atoms with Crippen molar-refractivity contribution in [3.8, 4) is 0 Å². The Morgan fingerprint density at radius 1 is 0.966 bits per heavy atom. The highest BCUT2D eigenvalue weighted by Gasteiger charge is 2.36. The quantitative estimate of drug-likeness (QED) is 0.737. The monoisotopic (exact) mass is 404 g/mol. The van der Waals surface area contributed by atoms with Crippen LogP contribution in [0.3, 0.4) is 0 Å². The van der Waals surface area contributed by atoms with Crippen LogP contribution in [0.4, 0.5) is 24.7 Å². The molecule has 2 aliphatic heterocycles. The van der Waals surface area contributed by atoms with Gasteiger partial charge in [0.2, 0.25) is 0 Å². The summed E-state index contributed by atoms with van der Waals surface area (Å²) in [7, 11) is 0. The van der Waals surface area contributed by atoms with Crippen LogP contribution in [0, 0.1) is 0 Å². The second-order valence-electron chi connectivity index (χ2n) is 7.08. The van der Waals surface area contributed by atoms with E-state index in [-0.39, 0.29) is 0 Å². The Kier molecular flexibility index (Phi) is 4.99. The molecular formula is C20H19F3N4O2. The molecule has 152 valence electrons. The molecule has 1 aromatic heterocycles. The van der Waals surface area contributed by atoms with E-state index in [1.54, 1.807) is 24.3 Å². The van der Waals surface area contributed by atoms with Crippen LogP contribution >= 0.6 is 0 Å². The van der Waals surface area contributed by atoms with Crippen molar-refractivity contribution in [3.63, 3.8) is 0 Å². The van der Waals surface area contributed by atoms with E-state index in [1.165, 1.54) is 11.0 Å². The van der Waals surface area contributed by atoms with Gasteiger partial charge in [0, 0.05) is 32.4 Å². The topological polar surface area (TPSA) is 56.8 Å². The number of halogens is 3. The van der Waals surface area contributed by atoms with Gasteiger partial charge in [0.05, 0.1) is 23.5 Å². The van der Waals surface area contributed by atoms with Crippen molar-refractivity contribution >= 4 is 23.2 Å². The van der Waals surface area contributed by atoms with Crippen LogP contribution in [0.5, 0.6) is 0 Å². The number of para-hydroxylation sites is 1. The molecule has 0 N–H and O–H groups in total. The summed E-state index contributed by atoms with van der Waals surface area (Å²) in [4.78, 5) is 34.0. The first kappa shape index (κ1) is 19.4. The van der Waals surface area contributed by atoms with Gasteiger partial charge in [-0.1, -0.05) is 12.1 Å². The fourth-order valence-electron chi connectivity index (χ4n) is 3.67. The summed E-state index contributed by atoms with van der Waals surface area (Å²) in [6, 6.07) is 9.35. The molecule has 1 saturated heterocycles. The highest BCUT2D eigenvalue weighted by atomic mass is 19.4. The molecular weight excluding hydrogens is 385 g/mol. The van der Waals surface area contributed by atoms with E-state index in [4.69, 9.17) is 0 Å². The van der Waals surface area contributed by atoms with Gasteiger partial charge in [-0.15, -0.1) is 0 Å². The molecule has 29 heavy (non-hydrogen) atoms. The Balaban J connectivity index is 1.42. The van der Waals surface area contributed by atoms with Gasteiger partial charge in [-0.05, 0) is 30.7 Å². The Labute approximate surface area is 165 Å². The third kappa shape index (κ3) is 3.82. The Hall–Kier alpha value is -2.94. The van der Waals surface area contributed by atoms with E-state index < -0.39 is 23.4 Å². The highest BCUT2D eigenvalue weighted by Crippen LogP contribution is 2.30. The van der Waals surface area contributed by atoms with Gasteiger partial charge in [-0.25, -0.2) is 4.98 Å². The second-order valence-corrected chi connectivity index (χ2v) is 7.08. The summed E-state index contributed by atoms with van der Waals surface area (Å²) >= 11 is 0. The lowest BCUT2D eigenvalue weighted by Gasteiger charge is -2.27. The van der Waals surface area contributed by atoms with Crippen LogP contribution in [-0.2, 0) is 11.0 Å². The minimum atomic E-state index is -4.41. The third-order valence-electron chi connectivity index (χ3n) is 5.21. The fourth-order valence-corrected chi connectivity index (χ4v) is 3.67. The molecule has 0 saturated carbocycles. The Bertz CT molecular complexity index is 930. The number of benzene rings is 1. The summed E-state index contributed by atoms with van der Waals surface area (Å²) in [5.74, 6) is -0.527. The van der Waals surface area contributed by atoms with Crippen LogP contribution in [0.1, 0.15) is 22.3 Å². The van der Waals surface area contributed by atoms with Crippen molar-refractivity contribution in [1.29, 1.82) is 0 Å². The Morgan fingerprint density at radius 3 is 2.48 bits per heavy atom. The van der Waals surface area contributed by atoms with Crippen LogP contribution in [0.15, 0.2) is 42.6 Å². The molecule has 1 amide bonds. The highest BCUT2D eigenvalue weighted by molar-refractivity contribution is 6.52. The molecule has 0 radical (unpaired) electrons. The summed E-state index contributed by atoms with van der Waals surface area (Å²) in [5, 5.41) is 0. The molecule has 0 unspecified atom stereocenters. The van der Waals surface area contributed by atoms with Gasteiger partial charge in [0.1, 0.15) is 5.82 Å². The number of rotatable bonds is 3. The van der Waals surface area contributed by atoms with Crippen molar-refractivity contribution in [2.75, 3.05) is 42.6 Å². The zero-order chi connectivity index (χ0) is 20.6. The molecule has 0 aliphatic carbocycles. The zero-order valence-corrected chi connectivity index (χ0v) is 15.5. The molecule has 2 aromatic rings. The van der Waals surface area contributed by atoms with Crippen LogP contribution in [0.25, 0.3) is 0 Å². The number of ketones is 1. The van der Waals surface area contributed by atoms with Crippen molar-refractivity contribution in [2.24, 2.45) is 0 Å². The van der Waals surface area contributed by atoms with Crippen LogP contribution < -0.4 is 9.80 Å². The molecule has 1 fully saturated rings. The van der Waals surface area contributed by atoms with Gasteiger partial charge in [0.25, 0.3) is 5.78 Å². The lowest BCUT2D eigenvalue weighted by molar-refractivity contribution is -0.137. The van der Waals surface area contributed by atoms with E-state index in [1.807, 2.05) is 4.90 Å². The van der Waals surface area contributed by atoms with Gasteiger partial charge in [-0.2, -0.15) is 13.2 Å². The average molecular weight is 404 g/mol. The first-order valence-corrected chi connectivity index (χ1v) is 9.30. The number of hydrogen-bond acceptors (Lipinski definition) is 5. The maximum absolute atomic E-state index is 12.7. The SMILES string of the molecule is O=C1C(=O)N(CN2CCCN(c3ccc(C(F)(F)F)cn3)CC2)c2ccccc21. The number of hydrogen-bond donors (Lipinski definition) is 0. The summed E-state index contributed by atoms with van der Waals surface area (Å²) in [6.07, 6.45) is -2.79. The minimum Gasteiger partial charge on any atom is -0.355 e. The number of Topliss-reactive ketones (excluding diaryl/α,β-unsaturated/α-hetero) is 1. The van der Waals surface area contributed by atoms with E-state index in [9.17, 15) is 22.8 Å². The largest absolute Gasteiger partial charge is 0.417 e. The smallest absolute Gasteiger partial charge is 0.355 e. The number of fused-ring (bicyclic) bond motifs is 1. The van der Waals surface area contributed by atoms with Crippen molar-refractivity contribution < 1.29 is 22.8 Å². The van der Waals surface area contributed by atoms with Crippen LogP contribution in [-0.4, -0.2) is 54.4 Å². The van der Waals surface area contributed by atoms with Crippen LogP contribution in [0.2, 0.25) is 0 Å². The maximum Gasteiger partial charge on any atom is 0.417 e. The normalized spacial score (nSPS) is 18.2. The first-order chi connectivity index (χ1) is 13.8. The predicted molar refractivity (Wildman–Crippen MR) is 101 cm³/mol. The van der Waals surface area contributed by atoms with Gasteiger partial charge in [-0.3, -0.25) is 19.4 Å². The lowest BCUT2D eigenvalue weighted by atomic mass is 10.1. The summed E-state index contributed by atoms with van der Waals surface area (Å²) in [5.41, 5.74) is 0.268. The molecule has 6 nitrogen and oxygen atoms in total. The number of pyridine rings is 1. The zero-order valence-electron chi connectivity index (χ0n) is 15.5. The number of amides is 1. The number of aromatic nitrogens is 1. The van der Waals surface area contributed by atoms with Gasteiger partial charge < -0.3 is 4.90 Å². The number of alkyl halides is 3. The molecule has 3 heterocycles. The van der Waals surface area contributed by atoms with E-state index >= 15 is 0 Å². The van der Waals surface area contributed by atoms with E-state index in [0.29, 0.717) is 49.9 Å². The van der Waals surface area contributed by atoms with Gasteiger partial charge in [0.15, 0.2) is 0 Å². The summed E-state index contributed by atoms with van der Waals surface area (Å²) in [6.45, 7) is 2.82. The van der Waals surface area contributed by atoms with Gasteiger partial charge >= 0.3 is 12.1 Å². The first-order valence-electron chi connectivity index (χ1n) is 9.30. The van der Waals surface area contributed by atoms with E-state index in [2.05, 4.69) is 9.88 Å². The molecule has 9 heteroatoms. The molecule has 0 atom stereocenters. The number of anilines is 2. The molecule has 0 spiro atoms. The third-order valence-corrected chi connectivity index (χ3v) is 5.21. The van der Waals surface area contributed by atoms with Crippen molar-refractivity contribution in [2.45, 2.75) is 12.6 Å². The fraction of sp³-hybridized carbons (Fsp3) is 0.350. The standard InChI is InChI=1S/C20H19F3N4O2/c21-20(22,23)14-6-7-17(24-12-14)26-9-3-8-25(10-11-26)13-27-16-5-2-1-4-15(16)18(28)19(27)29/h1-2,4-7,12H,3,8-11,13H2. The maximum atomic E-state index is 12.7. The molecule has 0 bridgehead atoms. The number of carbonyl (C=O) groups excluding carboxylic acids is 2. The minimum absolute atomic E-state index is 0.301.